The summed E-state index contributed by atoms with van der Waals surface area (Å²) in [6.45, 7) is 2.35. The van der Waals surface area contributed by atoms with Gasteiger partial charge in [-0.05, 0) is 35.0 Å². The molecule has 2 aromatic heterocycles. The van der Waals surface area contributed by atoms with Crippen molar-refractivity contribution in [3.8, 4) is 0 Å². The number of hydrogen-bond donors (Lipinski definition) is 0. The van der Waals surface area contributed by atoms with Crippen molar-refractivity contribution in [2.24, 2.45) is 0 Å². The molecule has 0 spiro atoms. The highest BCUT2D eigenvalue weighted by atomic mass is 79.9. The number of rotatable bonds is 4. The summed E-state index contributed by atoms with van der Waals surface area (Å²) < 4.78 is 7.77. The lowest BCUT2D eigenvalue weighted by molar-refractivity contribution is 0.0298. The molecule has 0 fully saturated rings. The van der Waals surface area contributed by atoms with Crippen molar-refractivity contribution >= 4 is 21.9 Å². The fraction of sp³-hybridized carbons (Fsp3) is 0.250. The Hall–Kier alpha value is -1.69. The van der Waals surface area contributed by atoms with Crippen LogP contribution in [0.2, 0.25) is 0 Å². The lowest BCUT2D eigenvalue weighted by Crippen LogP contribution is -2.21. The molecule has 0 bridgehead atoms. The molecule has 94 valence electrons. The highest BCUT2D eigenvalue weighted by Gasteiger charge is 2.13. The smallest absolute Gasteiger partial charge is 0.340 e. The number of esters is 1. The molecule has 0 radical (unpaired) electrons. The summed E-state index contributed by atoms with van der Waals surface area (Å²) in [5, 5.41) is 4.06. The molecule has 0 saturated heterocycles. The van der Waals surface area contributed by atoms with Crippen molar-refractivity contribution in [1.29, 1.82) is 0 Å². The summed E-state index contributed by atoms with van der Waals surface area (Å²) in [6.07, 6.45) is 6.35. The van der Waals surface area contributed by atoms with Gasteiger partial charge >= 0.3 is 5.97 Å². The molecule has 0 saturated carbocycles. The van der Waals surface area contributed by atoms with E-state index in [1.807, 2.05) is 19.2 Å². The second-order valence-corrected chi connectivity index (χ2v) is 4.75. The Kier molecular flexibility index (Phi) is 4.09. The summed E-state index contributed by atoms with van der Waals surface area (Å²) in [5.74, 6) is -0.386. The van der Waals surface area contributed by atoms with E-state index in [-0.39, 0.29) is 12.1 Å². The van der Waals surface area contributed by atoms with E-state index >= 15 is 0 Å². The monoisotopic (exact) mass is 309 g/mol. The first kappa shape index (κ1) is 12.8. The lowest BCUT2D eigenvalue weighted by atomic mass is 10.3. The number of halogens is 1. The number of carbonyl (C=O) groups is 1. The molecule has 2 aromatic rings. The van der Waals surface area contributed by atoms with Crippen LogP contribution in [0.25, 0.3) is 0 Å². The number of nitrogens with zero attached hydrogens (tertiary/aromatic N) is 3. The maximum Gasteiger partial charge on any atom is 0.340 e. The van der Waals surface area contributed by atoms with E-state index in [1.165, 1.54) is 6.20 Å². The summed E-state index contributed by atoms with van der Waals surface area (Å²) >= 11 is 3.26. The van der Waals surface area contributed by atoms with Gasteiger partial charge in [0.05, 0.1) is 12.1 Å². The van der Waals surface area contributed by atoms with Crippen LogP contribution in [0.5, 0.6) is 0 Å². The van der Waals surface area contributed by atoms with E-state index < -0.39 is 0 Å². The maximum absolute atomic E-state index is 11.8. The van der Waals surface area contributed by atoms with Gasteiger partial charge in [0.2, 0.25) is 0 Å². The van der Waals surface area contributed by atoms with Crippen LogP contribution in [0.1, 0.15) is 17.3 Å². The first-order valence-electron chi connectivity index (χ1n) is 5.44. The van der Waals surface area contributed by atoms with Gasteiger partial charge in [-0.1, -0.05) is 0 Å². The Morgan fingerprint density at radius 1 is 1.56 bits per heavy atom. The van der Waals surface area contributed by atoms with Gasteiger partial charge in [-0.25, -0.2) is 4.79 Å². The van der Waals surface area contributed by atoms with Gasteiger partial charge in [0.15, 0.2) is 0 Å². The van der Waals surface area contributed by atoms with Crippen molar-refractivity contribution in [3.05, 3.63) is 47.0 Å². The maximum atomic E-state index is 11.8. The van der Waals surface area contributed by atoms with Gasteiger partial charge < -0.3 is 4.74 Å². The molecule has 18 heavy (non-hydrogen) atoms. The lowest BCUT2D eigenvalue weighted by Gasteiger charge is -2.13. The van der Waals surface area contributed by atoms with Crippen LogP contribution in [-0.4, -0.2) is 26.8 Å². The van der Waals surface area contributed by atoms with Crippen molar-refractivity contribution in [1.82, 2.24) is 14.8 Å². The summed E-state index contributed by atoms with van der Waals surface area (Å²) in [5.41, 5.74) is 0.427. The van der Waals surface area contributed by atoms with Crippen molar-refractivity contribution in [2.45, 2.75) is 19.6 Å². The number of pyridine rings is 1. The third-order valence-corrected chi connectivity index (χ3v) is 2.69. The van der Waals surface area contributed by atoms with Gasteiger partial charge in [0, 0.05) is 29.3 Å². The molecule has 1 atom stereocenters. The summed E-state index contributed by atoms with van der Waals surface area (Å²) in [6, 6.07) is 3.50. The fourth-order valence-electron chi connectivity index (χ4n) is 1.48. The zero-order valence-electron chi connectivity index (χ0n) is 9.78. The largest absolute Gasteiger partial charge is 0.457 e. The molecule has 6 heteroatoms. The van der Waals surface area contributed by atoms with Gasteiger partial charge in [-0.2, -0.15) is 5.10 Å². The average molecular weight is 310 g/mol. The van der Waals surface area contributed by atoms with Crippen LogP contribution in [0.3, 0.4) is 0 Å². The Morgan fingerprint density at radius 3 is 3.06 bits per heavy atom. The minimum atomic E-state index is -0.386. The Bertz CT molecular complexity index is 528. The minimum absolute atomic E-state index is 0.253. The van der Waals surface area contributed by atoms with Crippen LogP contribution >= 0.6 is 15.9 Å². The quantitative estimate of drug-likeness (QED) is 0.813. The summed E-state index contributed by atoms with van der Waals surface area (Å²) in [7, 11) is 0. The standard InChI is InChI=1S/C12H12BrN3O2/c1-9(8-16-4-2-3-15-16)18-12(17)10-5-11(13)7-14-6-10/h2-7,9H,8H2,1H3. The van der Waals surface area contributed by atoms with Crippen LogP contribution in [-0.2, 0) is 11.3 Å². The molecule has 2 rings (SSSR count). The third-order valence-electron chi connectivity index (χ3n) is 2.25. The van der Waals surface area contributed by atoms with Gasteiger partial charge in [-0.15, -0.1) is 0 Å². The van der Waals surface area contributed by atoms with E-state index in [0.717, 1.165) is 4.47 Å². The first-order chi connectivity index (χ1) is 8.65. The number of carbonyl (C=O) groups excluding carboxylic acids is 1. The first-order valence-corrected chi connectivity index (χ1v) is 6.23. The Labute approximate surface area is 113 Å². The molecule has 0 N–H and O–H groups in total. The molecular formula is C12H12BrN3O2. The topological polar surface area (TPSA) is 57.0 Å². The van der Waals surface area contributed by atoms with Crippen molar-refractivity contribution < 1.29 is 9.53 Å². The fourth-order valence-corrected chi connectivity index (χ4v) is 1.85. The minimum Gasteiger partial charge on any atom is -0.457 e. The molecule has 5 nitrogen and oxygen atoms in total. The Balaban J connectivity index is 1.95. The summed E-state index contributed by atoms with van der Waals surface area (Å²) in [4.78, 5) is 15.7. The van der Waals surface area contributed by atoms with Gasteiger partial charge in [0.1, 0.15) is 6.10 Å². The zero-order chi connectivity index (χ0) is 13.0. The molecule has 0 aromatic carbocycles. The second kappa shape index (κ2) is 5.77. The molecule has 0 amide bonds. The highest BCUT2D eigenvalue weighted by Crippen LogP contribution is 2.11. The molecule has 0 aliphatic carbocycles. The average Bonchev–Trinajstić information content (AvgIpc) is 2.81. The normalized spacial score (nSPS) is 12.1. The Morgan fingerprint density at radius 2 is 2.39 bits per heavy atom. The molecule has 0 aliphatic rings. The zero-order valence-corrected chi connectivity index (χ0v) is 11.4. The number of ether oxygens (including phenoxy) is 1. The SMILES string of the molecule is CC(Cn1cccn1)OC(=O)c1cncc(Br)c1. The highest BCUT2D eigenvalue weighted by molar-refractivity contribution is 9.10. The van der Waals surface area contributed by atoms with E-state index in [1.54, 1.807) is 23.1 Å². The molecular weight excluding hydrogens is 298 g/mol. The molecule has 2 heterocycles. The second-order valence-electron chi connectivity index (χ2n) is 3.84. The van der Waals surface area contributed by atoms with Crippen LogP contribution in [0.4, 0.5) is 0 Å². The van der Waals surface area contributed by atoms with Gasteiger partial charge in [-0.3, -0.25) is 9.67 Å². The number of aromatic nitrogens is 3. The van der Waals surface area contributed by atoms with Crippen LogP contribution < -0.4 is 0 Å². The van der Waals surface area contributed by atoms with Crippen molar-refractivity contribution in [3.63, 3.8) is 0 Å². The van der Waals surface area contributed by atoms with Gasteiger partial charge in [0.25, 0.3) is 0 Å². The van der Waals surface area contributed by atoms with Crippen molar-refractivity contribution in [2.75, 3.05) is 0 Å². The third kappa shape index (κ3) is 3.40. The van der Waals surface area contributed by atoms with E-state index in [9.17, 15) is 4.79 Å². The van der Waals surface area contributed by atoms with Crippen LogP contribution in [0, 0.1) is 0 Å². The molecule has 1 unspecified atom stereocenters. The van der Waals surface area contributed by atoms with Crippen LogP contribution in [0.15, 0.2) is 41.4 Å². The molecule has 0 aliphatic heterocycles. The predicted octanol–water partition coefficient (Wildman–Crippen LogP) is 2.29. The predicted molar refractivity (Wildman–Crippen MR) is 69.0 cm³/mol. The van der Waals surface area contributed by atoms with E-state index in [4.69, 9.17) is 4.74 Å². The van der Waals surface area contributed by atoms with E-state index in [0.29, 0.717) is 12.1 Å². The number of hydrogen-bond acceptors (Lipinski definition) is 4. The van der Waals surface area contributed by atoms with E-state index in [2.05, 4.69) is 26.0 Å².